The third-order valence-corrected chi connectivity index (χ3v) is 6.28. The number of para-hydroxylation sites is 1. The zero-order chi connectivity index (χ0) is 27.0. The second-order valence-corrected chi connectivity index (χ2v) is 11.2. The topological polar surface area (TPSA) is 66.8 Å². The summed E-state index contributed by atoms with van der Waals surface area (Å²) in [6.45, 7) is 14.5. The Hall–Kier alpha value is -4.06. The van der Waals surface area contributed by atoms with Gasteiger partial charge in [0.2, 0.25) is 5.88 Å². The van der Waals surface area contributed by atoms with E-state index in [0.29, 0.717) is 22.6 Å². The molecule has 192 valence electrons. The number of aryl methyl sites for hydroxylation is 1. The van der Waals surface area contributed by atoms with Gasteiger partial charge in [0.05, 0.1) is 5.52 Å². The summed E-state index contributed by atoms with van der Waals surface area (Å²) >= 11 is 0. The van der Waals surface area contributed by atoms with Crippen molar-refractivity contribution in [3.05, 3.63) is 89.5 Å². The van der Waals surface area contributed by atoms with Gasteiger partial charge in [-0.25, -0.2) is 14.2 Å². The molecule has 4 rings (SSSR count). The third-order valence-electron chi connectivity index (χ3n) is 6.28. The highest BCUT2D eigenvalue weighted by Crippen LogP contribution is 2.33. The van der Waals surface area contributed by atoms with Crippen molar-refractivity contribution in [2.75, 3.05) is 0 Å². The average Bonchev–Trinajstić information content (AvgIpc) is 3.10. The molecule has 1 heterocycles. The number of rotatable bonds is 3. The molecule has 0 atom stereocenters. The molecule has 0 aliphatic heterocycles. The summed E-state index contributed by atoms with van der Waals surface area (Å²) in [6.07, 6.45) is -1.64. The summed E-state index contributed by atoms with van der Waals surface area (Å²) in [6, 6.07) is 21.9. The number of fused-ring (bicyclic) bond motifs is 1. The first-order chi connectivity index (χ1) is 17.3. The van der Waals surface area contributed by atoms with Gasteiger partial charge in [-0.15, -0.1) is 0 Å². The van der Waals surface area contributed by atoms with Crippen molar-refractivity contribution in [1.82, 2.24) is 4.57 Å². The summed E-state index contributed by atoms with van der Waals surface area (Å²) in [5, 5.41) is 0.764. The molecule has 0 radical (unpaired) electrons. The molecule has 0 unspecified atom stereocenters. The summed E-state index contributed by atoms with van der Waals surface area (Å²) in [5.74, 6) is 0.787. The van der Waals surface area contributed by atoms with Gasteiger partial charge in [-0.1, -0.05) is 84.0 Å². The molecule has 0 N–H and O–H groups in total. The van der Waals surface area contributed by atoms with E-state index in [1.807, 2.05) is 42.5 Å². The maximum atomic E-state index is 13.3. The molecular weight excluding hydrogens is 466 g/mol. The predicted molar refractivity (Wildman–Crippen MR) is 145 cm³/mol. The summed E-state index contributed by atoms with van der Waals surface area (Å²) < 4.78 is 17.9. The summed E-state index contributed by atoms with van der Waals surface area (Å²) in [7, 11) is 0. The quantitative estimate of drug-likeness (QED) is 0.210. The lowest BCUT2D eigenvalue weighted by Crippen LogP contribution is -2.22. The van der Waals surface area contributed by atoms with Gasteiger partial charge in [0.25, 0.3) is 0 Å². The van der Waals surface area contributed by atoms with Crippen LogP contribution in [0.3, 0.4) is 0 Å². The van der Waals surface area contributed by atoms with Crippen molar-refractivity contribution in [1.29, 1.82) is 0 Å². The van der Waals surface area contributed by atoms with Gasteiger partial charge in [-0.05, 0) is 59.2 Å². The van der Waals surface area contributed by atoms with Crippen molar-refractivity contribution in [3.8, 4) is 17.4 Å². The Bertz CT molecular complexity index is 1430. The first-order valence-electron chi connectivity index (χ1n) is 12.3. The molecule has 0 saturated heterocycles. The highest BCUT2D eigenvalue weighted by atomic mass is 16.7. The van der Waals surface area contributed by atoms with Crippen LogP contribution in [-0.4, -0.2) is 16.8 Å². The van der Waals surface area contributed by atoms with E-state index in [1.54, 1.807) is 37.3 Å². The van der Waals surface area contributed by atoms with Gasteiger partial charge >= 0.3 is 12.2 Å². The highest BCUT2D eigenvalue weighted by molar-refractivity contribution is 5.96. The molecule has 0 aliphatic rings. The average molecular weight is 500 g/mol. The lowest BCUT2D eigenvalue weighted by Gasteiger charge is -2.19. The van der Waals surface area contributed by atoms with E-state index in [1.165, 1.54) is 4.57 Å². The monoisotopic (exact) mass is 499 g/mol. The zero-order valence-electron chi connectivity index (χ0n) is 22.4. The molecule has 37 heavy (non-hydrogen) atoms. The van der Waals surface area contributed by atoms with Crippen molar-refractivity contribution < 1.29 is 23.8 Å². The van der Waals surface area contributed by atoms with Crippen molar-refractivity contribution in [2.24, 2.45) is 0 Å². The van der Waals surface area contributed by atoms with Crippen LogP contribution in [0.15, 0.2) is 72.8 Å². The fraction of sp³-hybridized carbons (Fsp3) is 0.290. The molecule has 0 amide bonds. The van der Waals surface area contributed by atoms with E-state index in [-0.39, 0.29) is 16.7 Å². The van der Waals surface area contributed by atoms with Crippen LogP contribution in [0.2, 0.25) is 0 Å². The molecule has 6 heteroatoms. The molecule has 4 aromatic rings. The van der Waals surface area contributed by atoms with E-state index in [9.17, 15) is 9.59 Å². The van der Waals surface area contributed by atoms with Crippen molar-refractivity contribution in [2.45, 2.75) is 59.3 Å². The Morgan fingerprint density at radius 3 is 1.65 bits per heavy atom. The number of benzene rings is 3. The first-order valence-corrected chi connectivity index (χ1v) is 12.3. The Morgan fingerprint density at radius 2 is 1.14 bits per heavy atom. The summed E-state index contributed by atoms with van der Waals surface area (Å²) in [5.41, 5.74) is 3.37. The number of nitrogens with zero attached hydrogens (tertiary/aromatic N) is 1. The molecule has 1 aromatic heterocycles. The fourth-order valence-corrected chi connectivity index (χ4v) is 4.07. The maximum Gasteiger partial charge on any atom is 0.520 e. The van der Waals surface area contributed by atoms with E-state index < -0.39 is 12.2 Å². The number of ether oxygens (including phenoxy) is 3. The molecule has 0 aliphatic carbocycles. The zero-order valence-corrected chi connectivity index (χ0v) is 22.4. The Labute approximate surface area is 217 Å². The first kappa shape index (κ1) is 26.0. The molecule has 6 nitrogen and oxygen atoms in total. The molecule has 0 fully saturated rings. The third kappa shape index (κ3) is 5.69. The van der Waals surface area contributed by atoms with Gasteiger partial charge in [0, 0.05) is 10.9 Å². The normalized spacial score (nSPS) is 11.9. The smallest absolute Gasteiger partial charge is 0.410 e. The molecule has 0 spiro atoms. The minimum atomic E-state index is -0.946. The lowest BCUT2D eigenvalue weighted by atomic mass is 9.87. The number of carbonyl (C=O) groups is 2. The molecular formula is C31H33NO5. The van der Waals surface area contributed by atoms with Crippen LogP contribution in [0.5, 0.6) is 17.4 Å². The molecule has 0 bridgehead atoms. The van der Waals surface area contributed by atoms with Gasteiger partial charge < -0.3 is 14.2 Å². The molecule has 3 aromatic carbocycles. The fourth-order valence-electron chi connectivity index (χ4n) is 4.07. The standard InChI is InChI=1S/C31H33NO5/c1-20-25-10-8-9-11-26(25)32(28(33)35-23-16-12-21(13-17-23)30(2,3)4)27(20)37-29(34)36-24-18-14-22(15-19-24)31(5,6)7/h8-19H,1-7H3. The minimum absolute atomic E-state index is 0.0231. The number of carbonyl (C=O) groups excluding carboxylic acids is 2. The van der Waals surface area contributed by atoms with Crippen LogP contribution in [0, 0.1) is 6.92 Å². The lowest BCUT2D eigenvalue weighted by molar-refractivity contribution is 0.147. The van der Waals surface area contributed by atoms with Gasteiger partial charge in [0.15, 0.2) is 0 Å². The van der Waals surface area contributed by atoms with Gasteiger partial charge in [-0.2, -0.15) is 0 Å². The van der Waals surface area contributed by atoms with Crippen LogP contribution in [0.25, 0.3) is 10.9 Å². The van der Waals surface area contributed by atoms with Crippen LogP contribution < -0.4 is 14.2 Å². The van der Waals surface area contributed by atoms with Crippen LogP contribution in [0.1, 0.15) is 58.2 Å². The minimum Gasteiger partial charge on any atom is -0.410 e. The number of aromatic nitrogens is 1. The predicted octanol–water partition coefficient (Wildman–Crippen LogP) is 8.17. The second kappa shape index (κ2) is 9.77. The van der Waals surface area contributed by atoms with Crippen LogP contribution in [0.4, 0.5) is 9.59 Å². The van der Waals surface area contributed by atoms with E-state index in [0.717, 1.165) is 16.5 Å². The van der Waals surface area contributed by atoms with Crippen LogP contribution in [-0.2, 0) is 10.8 Å². The Kier molecular flexibility index (Phi) is 6.87. The van der Waals surface area contributed by atoms with Gasteiger partial charge in [-0.3, -0.25) is 0 Å². The van der Waals surface area contributed by atoms with Crippen molar-refractivity contribution >= 4 is 23.2 Å². The van der Waals surface area contributed by atoms with Crippen molar-refractivity contribution in [3.63, 3.8) is 0 Å². The maximum absolute atomic E-state index is 13.3. The number of hydrogen-bond acceptors (Lipinski definition) is 5. The number of hydrogen-bond donors (Lipinski definition) is 0. The van der Waals surface area contributed by atoms with Crippen LogP contribution >= 0.6 is 0 Å². The largest absolute Gasteiger partial charge is 0.520 e. The Morgan fingerprint density at radius 1 is 0.649 bits per heavy atom. The van der Waals surface area contributed by atoms with Gasteiger partial charge in [0.1, 0.15) is 11.5 Å². The second-order valence-electron chi connectivity index (χ2n) is 11.2. The SMILES string of the molecule is Cc1c(OC(=O)Oc2ccc(C(C)(C)C)cc2)n(C(=O)Oc2ccc(C(C)(C)C)cc2)c2ccccc12. The van der Waals surface area contributed by atoms with E-state index >= 15 is 0 Å². The highest BCUT2D eigenvalue weighted by Gasteiger charge is 2.25. The molecule has 0 saturated carbocycles. The van der Waals surface area contributed by atoms with E-state index in [4.69, 9.17) is 14.2 Å². The summed E-state index contributed by atoms with van der Waals surface area (Å²) in [4.78, 5) is 26.1. The Balaban J connectivity index is 1.60. The van der Waals surface area contributed by atoms with E-state index in [2.05, 4.69) is 41.5 Å².